The normalized spacial score (nSPS) is 17.8. The second-order valence-corrected chi connectivity index (χ2v) is 7.36. The van der Waals surface area contributed by atoms with E-state index in [0.29, 0.717) is 0 Å². The number of piperidine rings is 1. The molecule has 3 rings (SSSR count). The Bertz CT molecular complexity index is 721. The fraction of sp³-hybridized carbons (Fsp3) is 0.409. The van der Waals surface area contributed by atoms with Gasteiger partial charge in [-0.25, -0.2) is 0 Å². The predicted octanol–water partition coefficient (Wildman–Crippen LogP) is 4.42. The van der Waals surface area contributed by atoms with Crippen LogP contribution in [0.2, 0.25) is 0 Å². The van der Waals surface area contributed by atoms with Crippen LogP contribution < -0.4 is 0 Å². The molecule has 1 aliphatic heterocycles. The molecule has 2 aromatic rings. The van der Waals surface area contributed by atoms with E-state index in [-0.39, 0.29) is 11.9 Å². The summed E-state index contributed by atoms with van der Waals surface area (Å²) >= 11 is 0. The third-order valence-corrected chi connectivity index (χ3v) is 4.89. The Kier molecular flexibility index (Phi) is 5.54. The molecule has 1 amide bonds. The van der Waals surface area contributed by atoms with E-state index in [1.165, 1.54) is 17.5 Å². The number of benzene rings is 2. The number of hydrogen-bond acceptors (Lipinski definition) is 2. The summed E-state index contributed by atoms with van der Waals surface area (Å²) in [6, 6.07) is 16.9. The van der Waals surface area contributed by atoms with Gasteiger partial charge in [-0.3, -0.25) is 4.79 Å². The second-order valence-electron chi connectivity index (χ2n) is 7.36. The molecule has 3 heteroatoms. The van der Waals surface area contributed by atoms with Crippen LogP contribution in [-0.2, 0) is 6.54 Å². The zero-order valence-electron chi connectivity index (χ0n) is 15.5. The van der Waals surface area contributed by atoms with Crippen molar-refractivity contribution in [3.8, 4) is 0 Å². The number of hydrogen-bond donors (Lipinski definition) is 0. The maximum atomic E-state index is 13.1. The first-order valence-corrected chi connectivity index (χ1v) is 9.16. The molecule has 1 atom stereocenters. The van der Waals surface area contributed by atoms with Gasteiger partial charge in [0.15, 0.2) is 0 Å². The zero-order valence-corrected chi connectivity index (χ0v) is 15.5. The quantitative estimate of drug-likeness (QED) is 0.825. The van der Waals surface area contributed by atoms with Crippen LogP contribution in [0.4, 0.5) is 0 Å². The van der Waals surface area contributed by atoms with Gasteiger partial charge >= 0.3 is 0 Å². The summed E-state index contributed by atoms with van der Waals surface area (Å²) in [5, 5.41) is 0. The molecule has 25 heavy (non-hydrogen) atoms. The van der Waals surface area contributed by atoms with Crippen molar-refractivity contribution >= 4 is 5.91 Å². The minimum atomic E-state index is 0.158. The number of carbonyl (C=O) groups excluding carboxylic acids is 1. The van der Waals surface area contributed by atoms with Gasteiger partial charge in [-0.15, -0.1) is 0 Å². The smallest absolute Gasteiger partial charge is 0.254 e. The number of amides is 1. The fourth-order valence-electron chi connectivity index (χ4n) is 3.68. The van der Waals surface area contributed by atoms with Crippen LogP contribution in [0.3, 0.4) is 0 Å². The minimum Gasteiger partial charge on any atom is -0.332 e. The highest BCUT2D eigenvalue weighted by atomic mass is 16.2. The Morgan fingerprint density at radius 3 is 2.56 bits per heavy atom. The van der Waals surface area contributed by atoms with E-state index in [9.17, 15) is 4.79 Å². The molecule has 1 fully saturated rings. The van der Waals surface area contributed by atoms with Crippen molar-refractivity contribution in [3.63, 3.8) is 0 Å². The first-order chi connectivity index (χ1) is 12.0. The van der Waals surface area contributed by atoms with Gasteiger partial charge in [-0.1, -0.05) is 42.0 Å². The van der Waals surface area contributed by atoms with Crippen molar-refractivity contribution < 1.29 is 4.79 Å². The van der Waals surface area contributed by atoms with Gasteiger partial charge in [0.1, 0.15) is 0 Å². The van der Waals surface area contributed by atoms with Crippen molar-refractivity contribution in [2.75, 3.05) is 20.6 Å². The van der Waals surface area contributed by atoms with E-state index in [4.69, 9.17) is 0 Å². The third kappa shape index (κ3) is 4.29. The molecule has 132 valence electrons. The average molecular weight is 336 g/mol. The van der Waals surface area contributed by atoms with Gasteiger partial charge in [0, 0.05) is 18.7 Å². The van der Waals surface area contributed by atoms with Crippen LogP contribution >= 0.6 is 0 Å². The number of rotatable bonds is 4. The Morgan fingerprint density at radius 2 is 1.88 bits per heavy atom. The molecule has 1 saturated heterocycles. The lowest BCUT2D eigenvalue weighted by Gasteiger charge is -2.36. The molecule has 2 aromatic carbocycles. The van der Waals surface area contributed by atoms with Gasteiger partial charge in [0.25, 0.3) is 5.91 Å². The van der Waals surface area contributed by atoms with E-state index in [2.05, 4.69) is 48.2 Å². The first kappa shape index (κ1) is 17.7. The number of aryl methyl sites for hydroxylation is 1. The Hall–Kier alpha value is -2.13. The Balaban J connectivity index is 1.82. The number of carbonyl (C=O) groups is 1. The molecule has 0 bridgehead atoms. The van der Waals surface area contributed by atoms with Gasteiger partial charge in [-0.2, -0.15) is 0 Å². The molecular weight excluding hydrogens is 308 g/mol. The molecule has 1 unspecified atom stereocenters. The number of likely N-dealkylation sites (tertiary alicyclic amines) is 1. The average Bonchev–Trinajstić information content (AvgIpc) is 2.61. The van der Waals surface area contributed by atoms with E-state index >= 15 is 0 Å². The molecule has 0 saturated carbocycles. The SMILES string of the molecule is Cc1cccc(C(=O)N2CCCCC2c2ccc(CN(C)C)cc2)c1. The molecular formula is C22H28N2O. The standard InChI is InChI=1S/C22H28N2O/c1-17-7-6-8-20(15-17)22(25)24-14-5-4-9-21(24)19-12-10-18(11-13-19)16-23(2)3/h6-8,10-13,15,21H,4-5,9,14,16H2,1-3H3. The van der Waals surface area contributed by atoms with Crippen LogP contribution in [0.5, 0.6) is 0 Å². The lowest BCUT2D eigenvalue weighted by Crippen LogP contribution is -2.38. The van der Waals surface area contributed by atoms with Crippen LogP contribution in [0.15, 0.2) is 48.5 Å². The molecule has 3 nitrogen and oxygen atoms in total. The Morgan fingerprint density at radius 1 is 1.12 bits per heavy atom. The molecule has 1 aliphatic rings. The summed E-state index contributed by atoms with van der Waals surface area (Å²) in [7, 11) is 4.16. The van der Waals surface area contributed by atoms with Crippen molar-refractivity contribution in [3.05, 3.63) is 70.8 Å². The van der Waals surface area contributed by atoms with Gasteiger partial charge in [0.2, 0.25) is 0 Å². The molecule has 0 spiro atoms. The predicted molar refractivity (Wildman–Crippen MR) is 103 cm³/mol. The van der Waals surface area contributed by atoms with E-state index in [1.807, 2.05) is 31.2 Å². The highest BCUT2D eigenvalue weighted by Gasteiger charge is 2.28. The summed E-state index contributed by atoms with van der Waals surface area (Å²) in [5.74, 6) is 0.158. The third-order valence-electron chi connectivity index (χ3n) is 4.89. The van der Waals surface area contributed by atoms with Crippen LogP contribution in [0.25, 0.3) is 0 Å². The largest absolute Gasteiger partial charge is 0.332 e. The molecule has 0 radical (unpaired) electrons. The maximum absolute atomic E-state index is 13.1. The number of nitrogens with zero attached hydrogens (tertiary/aromatic N) is 2. The highest BCUT2D eigenvalue weighted by Crippen LogP contribution is 2.32. The minimum absolute atomic E-state index is 0.158. The van der Waals surface area contributed by atoms with Gasteiger partial charge < -0.3 is 9.80 Å². The summed E-state index contributed by atoms with van der Waals surface area (Å²) in [6.07, 6.45) is 3.32. The van der Waals surface area contributed by atoms with Crippen LogP contribution in [-0.4, -0.2) is 36.3 Å². The van der Waals surface area contributed by atoms with E-state index in [1.54, 1.807) is 0 Å². The van der Waals surface area contributed by atoms with Crippen molar-refractivity contribution in [2.45, 2.75) is 38.8 Å². The highest BCUT2D eigenvalue weighted by molar-refractivity contribution is 5.94. The van der Waals surface area contributed by atoms with E-state index < -0.39 is 0 Å². The fourth-order valence-corrected chi connectivity index (χ4v) is 3.68. The maximum Gasteiger partial charge on any atom is 0.254 e. The molecule has 0 aromatic heterocycles. The molecule has 1 heterocycles. The molecule has 0 aliphatic carbocycles. The van der Waals surface area contributed by atoms with Crippen molar-refractivity contribution in [1.29, 1.82) is 0 Å². The van der Waals surface area contributed by atoms with Crippen molar-refractivity contribution in [1.82, 2.24) is 9.80 Å². The lowest BCUT2D eigenvalue weighted by molar-refractivity contribution is 0.0611. The van der Waals surface area contributed by atoms with Gasteiger partial charge in [0.05, 0.1) is 6.04 Å². The van der Waals surface area contributed by atoms with Gasteiger partial charge in [-0.05, 0) is 63.5 Å². The first-order valence-electron chi connectivity index (χ1n) is 9.16. The summed E-state index contributed by atoms with van der Waals surface area (Å²) < 4.78 is 0. The van der Waals surface area contributed by atoms with E-state index in [0.717, 1.165) is 37.1 Å². The lowest BCUT2D eigenvalue weighted by atomic mass is 9.93. The summed E-state index contributed by atoms with van der Waals surface area (Å²) in [4.78, 5) is 17.3. The van der Waals surface area contributed by atoms with Crippen molar-refractivity contribution in [2.24, 2.45) is 0 Å². The Labute approximate surface area is 151 Å². The van der Waals surface area contributed by atoms with Crippen LogP contribution in [0.1, 0.15) is 52.4 Å². The topological polar surface area (TPSA) is 23.6 Å². The summed E-state index contributed by atoms with van der Waals surface area (Å²) in [5.41, 5.74) is 4.49. The molecule has 0 N–H and O–H groups in total. The van der Waals surface area contributed by atoms with Crippen LogP contribution in [0, 0.1) is 6.92 Å². The second kappa shape index (κ2) is 7.83. The zero-order chi connectivity index (χ0) is 17.8. The monoisotopic (exact) mass is 336 g/mol. The summed E-state index contributed by atoms with van der Waals surface area (Å²) in [6.45, 7) is 3.82.